The van der Waals surface area contributed by atoms with E-state index in [9.17, 15) is 9.59 Å². The van der Waals surface area contributed by atoms with E-state index in [-0.39, 0.29) is 17.5 Å². The lowest BCUT2D eigenvalue weighted by molar-refractivity contribution is 0.101. The zero-order valence-electron chi connectivity index (χ0n) is 20.3. The van der Waals surface area contributed by atoms with Gasteiger partial charge in [0.2, 0.25) is 0 Å². The molecular formula is C24H27BrN8O2. The molecule has 4 rings (SSSR count). The third-order valence-corrected chi connectivity index (χ3v) is 7.07. The lowest BCUT2D eigenvalue weighted by Crippen LogP contribution is -2.21. The number of carbonyl (C=O) groups is 2. The summed E-state index contributed by atoms with van der Waals surface area (Å²) in [6.07, 6.45) is 3.08. The quantitative estimate of drug-likeness (QED) is 0.368. The molecule has 0 atom stereocenters. The summed E-state index contributed by atoms with van der Waals surface area (Å²) >= 11 is 3.55. The first-order chi connectivity index (χ1) is 16.7. The Hall–Kier alpha value is -3.73. The number of aromatic nitrogens is 6. The van der Waals surface area contributed by atoms with Gasteiger partial charge in [0.1, 0.15) is 5.69 Å². The fourth-order valence-electron chi connectivity index (χ4n) is 3.72. The van der Waals surface area contributed by atoms with Crippen LogP contribution >= 0.6 is 15.9 Å². The summed E-state index contributed by atoms with van der Waals surface area (Å²) in [6, 6.07) is 7.31. The van der Waals surface area contributed by atoms with E-state index in [1.165, 1.54) is 6.20 Å². The van der Waals surface area contributed by atoms with Crippen molar-refractivity contribution < 1.29 is 9.59 Å². The summed E-state index contributed by atoms with van der Waals surface area (Å²) in [5.74, 6) is -0.699. The highest BCUT2D eigenvalue weighted by Crippen LogP contribution is 2.22. The molecule has 0 bridgehead atoms. The fraction of sp³-hybridized carbons (Fsp3) is 0.292. The van der Waals surface area contributed by atoms with Crippen LogP contribution < -0.4 is 10.6 Å². The molecule has 0 aliphatic rings. The number of aryl methyl sites for hydroxylation is 3. The lowest BCUT2D eigenvalue weighted by Gasteiger charge is -2.10. The first-order valence-corrected chi connectivity index (χ1v) is 11.9. The minimum atomic E-state index is -0.373. The number of rotatable bonds is 7. The van der Waals surface area contributed by atoms with Crippen LogP contribution in [0, 0.1) is 20.8 Å². The van der Waals surface area contributed by atoms with Crippen LogP contribution in [0.2, 0.25) is 0 Å². The molecule has 0 saturated carbocycles. The van der Waals surface area contributed by atoms with E-state index in [1.807, 2.05) is 44.5 Å². The molecule has 2 N–H and O–H groups in total. The molecule has 0 radical (unpaired) electrons. The summed E-state index contributed by atoms with van der Waals surface area (Å²) in [5.41, 5.74) is 5.51. The van der Waals surface area contributed by atoms with Crippen LogP contribution in [0.3, 0.4) is 0 Å². The lowest BCUT2D eigenvalue weighted by atomic mass is 10.1. The summed E-state index contributed by atoms with van der Waals surface area (Å²) in [4.78, 5) is 26.0. The first-order valence-electron chi connectivity index (χ1n) is 11.1. The van der Waals surface area contributed by atoms with E-state index in [0.29, 0.717) is 30.0 Å². The number of nitrogens with one attached hydrogen (secondary N) is 2. The highest BCUT2D eigenvalue weighted by molar-refractivity contribution is 9.10. The number of benzene rings is 1. The third kappa shape index (κ3) is 4.90. The SMILES string of the molecule is CCn1ncc(NC(=O)c2ccc(Cn3nc(C)c(Br)c3C)cc2)c1C(=O)Nc1cnn(C)c1C. The summed E-state index contributed by atoms with van der Waals surface area (Å²) in [6.45, 7) is 8.77. The molecule has 3 aromatic heterocycles. The number of halogens is 1. The molecular weight excluding hydrogens is 512 g/mol. The fourth-order valence-corrected chi connectivity index (χ4v) is 4.00. The van der Waals surface area contributed by atoms with Crippen LogP contribution in [0.25, 0.3) is 0 Å². The van der Waals surface area contributed by atoms with Gasteiger partial charge in [0, 0.05) is 19.2 Å². The maximum absolute atomic E-state index is 13.1. The average Bonchev–Trinajstić information content (AvgIpc) is 3.47. The van der Waals surface area contributed by atoms with Gasteiger partial charge in [0.25, 0.3) is 11.8 Å². The number of hydrogen-bond donors (Lipinski definition) is 2. The van der Waals surface area contributed by atoms with Crippen LogP contribution in [-0.4, -0.2) is 41.2 Å². The van der Waals surface area contributed by atoms with E-state index in [2.05, 4.69) is 41.9 Å². The third-order valence-electron chi connectivity index (χ3n) is 5.93. The Bertz CT molecular complexity index is 1400. The van der Waals surface area contributed by atoms with Gasteiger partial charge in [-0.25, -0.2) is 0 Å². The van der Waals surface area contributed by atoms with Crippen LogP contribution in [-0.2, 0) is 20.1 Å². The zero-order valence-corrected chi connectivity index (χ0v) is 21.8. The molecule has 0 aliphatic heterocycles. The molecule has 0 unspecified atom stereocenters. The number of anilines is 2. The van der Waals surface area contributed by atoms with E-state index in [4.69, 9.17) is 0 Å². The molecule has 1 aromatic carbocycles. The van der Waals surface area contributed by atoms with E-state index < -0.39 is 0 Å². The Kier molecular flexibility index (Phi) is 6.88. The largest absolute Gasteiger partial charge is 0.319 e. The van der Waals surface area contributed by atoms with Crippen molar-refractivity contribution in [3.63, 3.8) is 0 Å². The van der Waals surface area contributed by atoms with Crippen molar-refractivity contribution in [3.8, 4) is 0 Å². The average molecular weight is 539 g/mol. The number of nitrogens with zero attached hydrogens (tertiary/aromatic N) is 6. The monoisotopic (exact) mass is 538 g/mol. The van der Waals surface area contributed by atoms with Crippen molar-refractivity contribution in [2.45, 2.75) is 40.8 Å². The molecule has 0 spiro atoms. The maximum atomic E-state index is 13.1. The Morgan fingerprint density at radius 3 is 2.14 bits per heavy atom. The van der Waals surface area contributed by atoms with Gasteiger partial charge in [0.15, 0.2) is 0 Å². The molecule has 35 heavy (non-hydrogen) atoms. The Morgan fingerprint density at radius 1 is 0.914 bits per heavy atom. The first kappa shape index (κ1) is 24.4. The molecule has 0 aliphatic carbocycles. The van der Waals surface area contributed by atoms with Gasteiger partial charge in [-0.15, -0.1) is 0 Å². The Balaban J connectivity index is 1.50. The van der Waals surface area contributed by atoms with Crippen LogP contribution in [0.15, 0.2) is 41.1 Å². The minimum Gasteiger partial charge on any atom is -0.319 e. The van der Waals surface area contributed by atoms with Gasteiger partial charge < -0.3 is 10.6 Å². The number of hydrogen-bond acceptors (Lipinski definition) is 5. The zero-order chi connectivity index (χ0) is 25.3. The predicted molar refractivity (Wildman–Crippen MR) is 137 cm³/mol. The van der Waals surface area contributed by atoms with E-state index in [1.54, 1.807) is 34.7 Å². The topological polar surface area (TPSA) is 112 Å². The smallest absolute Gasteiger partial charge is 0.276 e. The van der Waals surface area contributed by atoms with Crippen LogP contribution in [0.4, 0.5) is 11.4 Å². The molecule has 0 fully saturated rings. The van der Waals surface area contributed by atoms with Gasteiger partial charge in [0.05, 0.1) is 51.9 Å². The Morgan fingerprint density at radius 2 is 1.57 bits per heavy atom. The summed E-state index contributed by atoms with van der Waals surface area (Å²) < 4.78 is 6.14. The molecule has 11 heteroatoms. The molecule has 2 amide bonds. The van der Waals surface area contributed by atoms with E-state index in [0.717, 1.165) is 27.1 Å². The minimum absolute atomic E-state index is 0.274. The number of amides is 2. The van der Waals surface area contributed by atoms with Crippen molar-refractivity contribution in [2.24, 2.45) is 7.05 Å². The predicted octanol–water partition coefficient (Wildman–Crippen LogP) is 4.07. The highest BCUT2D eigenvalue weighted by Gasteiger charge is 2.21. The second-order valence-electron chi connectivity index (χ2n) is 8.24. The standard InChI is InChI=1S/C24H27BrN8O2/c1-6-32-22(24(35)28-19-11-26-31(5)15(19)3)20(12-27-32)29-23(34)18-9-7-17(8-10-18)13-33-16(4)21(25)14(2)30-33/h7-12H,6,13H2,1-5H3,(H,28,35)(H,29,34). The van der Waals surface area contributed by atoms with Gasteiger partial charge in [-0.2, -0.15) is 15.3 Å². The molecule has 4 aromatic rings. The van der Waals surface area contributed by atoms with Crippen LogP contribution in [0.5, 0.6) is 0 Å². The van der Waals surface area contributed by atoms with Crippen LogP contribution in [0.1, 0.15) is 50.4 Å². The molecule has 10 nitrogen and oxygen atoms in total. The highest BCUT2D eigenvalue weighted by atomic mass is 79.9. The van der Waals surface area contributed by atoms with Crippen molar-refractivity contribution in [1.29, 1.82) is 0 Å². The second-order valence-corrected chi connectivity index (χ2v) is 9.03. The summed E-state index contributed by atoms with van der Waals surface area (Å²) in [7, 11) is 1.80. The summed E-state index contributed by atoms with van der Waals surface area (Å²) in [5, 5.41) is 18.6. The van der Waals surface area contributed by atoms with Gasteiger partial charge in [-0.3, -0.25) is 23.6 Å². The molecule has 0 saturated heterocycles. The second kappa shape index (κ2) is 9.87. The molecule has 182 valence electrons. The van der Waals surface area contributed by atoms with Crippen molar-refractivity contribution in [1.82, 2.24) is 29.3 Å². The van der Waals surface area contributed by atoms with Crippen molar-refractivity contribution in [3.05, 3.63) is 75.0 Å². The van der Waals surface area contributed by atoms with Crippen molar-refractivity contribution in [2.75, 3.05) is 10.6 Å². The van der Waals surface area contributed by atoms with Gasteiger partial charge in [-0.1, -0.05) is 12.1 Å². The van der Waals surface area contributed by atoms with Gasteiger partial charge in [-0.05, 0) is 61.3 Å². The maximum Gasteiger partial charge on any atom is 0.276 e. The van der Waals surface area contributed by atoms with Gasteiger partial charge >= 0.3 is 0 Å². The number of carbonyl (C=O) groups excluding carboxylic acids is 2. The van der Waals surface area contributed by atoms with Crippen molar-refractivity contribution >= 4 is 39.1 Å². The Labute approximate surface area is 211 Å². The van der Waals surface area contributed by atoms with E-state index >= 15 is 0 Å². The molecule has 3 heterocycles. The normalized spacial score (nSPS) is 11.0.